The Morgan fingerprint density at radius 1 is 1.58 bits per heavy atom. The first-order valence-corrected chi connectivity index (χ1v) is 4.25. The number of methoxy groups -OCH3 is 1. The molecular weight excluding hydrogens is 152 g/mol. The highest BCUT2D eigenvalue weighted by Gasteiger charge is 2.26. The van der Waals surface area contributed by atoms with Crippen LogP contribution in [-0.2, 0) is 9.47 Å². The highest BCUT2D eigenvalue weighted by atomic mass is 16.5. The monoisotopic (exact) mass is 168 g/mol. The fraction of sp³-hybridized carbons (Fsp3) is 0.600. The van der Waals surface area contributed by atoms with E-state index in [9.17, 15) is 0 Å². The molecule has 0 aromatic heterocycles. The van der Waals surface area contributed by atoms with Crippen molar-refractivity contribution in [2.75, 3.05) is 13.7 Å². The van der Waals surface area contributed by atoms with Crippen LogP contribution in [0.1, 0.15) is 13.8 Å². The van der Waals surface area contributed by atoms with Gasteiger partial charge >= 0.3 is 0 Å². The smallest absolute Gasteiger partial charge is 0.0791 e. The van der Waals surface area contributed by atoms with Gasteiger partial charge in [-0.2, -0.15) is 0 Å². The molecule has 2 heteroatoms. The molecule has 0 spiro atoms. The number of hydrogen-bond acceptors (Lipinski definition) is 2. The Morgan fingerprint density at radius 2 is 2.33 bits per heavy atom. The summed E-state index contributed by atoms with van der Waals surface area (Å²) in [5.41, 5.74) is 1.34. The molecule has 0 N–H and O–H groups in total. The summed E-state index contributed by atoms with van der Waals surface area (Å²) in [5, 5.41) is 0. The average molecular weight is 168 g/mol. The van der Waals surface area contributed by atoms with Gasteiger partial charge in [0.2, 0.25) is 0 Å². The zero-order chi connectivity index (χ0) is 8.97. The second kappa shape index (κ2) is 4.31. The quantitative estimate of drug-likeness (QED) is 0.464. The first kappa shape index (κ1) is 9.33. The van der Waals surface area contributed by atoms with Crippen LogP contribution in [0.25, 0.3) is 0 Å². The lowest BCUT2D eigenvalue weighted by molar-refractivity contribution is 0.115. The molecule has 1 fully saturated rings. The summed E-state index contributed by atoms with van der Waals surface area (Å²) in [6.07, 6.45) is 6.17. The summed E-state index contributed by atoms with van der Waals surface area (Å²) in [6, 6.07) is 0. The van der Waals surface area contributed by atoms with Crippen molar-refractivity contribution < 1.29 is 9.47 Å². The van der Waals surface area contributed by atoms with Crippen molar-refractivity contribution >= 4 is 0 Å². The third-order valence-corrected chi connectivity index (χ3v) is 2.24. The summed E-state index contributed by atoms with van der Waals surface area (Å²) >= 11 is 0. The molecule has 0 bridgehead atoms. The zero-order valence-corrected chi connectivity index (χ0v) is 7.91. The van der Waals surface area contributed by atoms with Crippen LogP contribution in [0.2, 0.25) is 0 Å². The van der Waals surface area contributed by atoms with Gasteiger partial charge in [0.1, 0.15) is 0 Å². The van der Waals surface area contributed by atoms with E-state index in [-0.39, 0.29) is 6.10 Å². The molecular formula is C10H16O2. The maximum Gasteiger partial charge on any atom is 0.0791 e. The first-order chi connectivity index (χ1) is 5.79. The topological polar surface area (TPSA) is 18.5 Å². The van der Waals surface area contributed by atoms with Gasteiger partial charge in [-0.05, 0) is 25.5 Å². The SMILES string of the molecule is C/C=C1\CO[C@H](C)[C@H]1/C=C/OC. The summed E-state index contributed by atoms with van der Waals surface area (Å²) in [7, 11) is 1.66. The molecule has 12 heavy (non-hydrogen) atoms. The van der Waals surface area contributed by atoms with Crippen molar-refractivity contribution in [2.24, 2.45) is 5.92 Å². The highest BCUT2D eigenvalue weighted by molar-refractivity contribution is 5.18. The van der Waals surface area contributed by atoms with Crippen LogP contribution >= 0.6 is 0 Å². The molecule has 1 aliphatic rings. The van der Waals surface area contributed by atoms with Gasteiger partial charge in [0.15, 0.2) is 0 Å². The number of rotatable bonds is 2. The average Bonchev–Trinajstić information content (AvgIpc) is 2.43. The minimum Gasteiger partial charge on any atom is -0.505 e. The molecule has 1 rings (SSSR count). The lowest BCUT2D eigenvalue weighted by Gasteiger charge is -2.09. The standard InChI is InChI=1S/C10H16O2/c1-4-9-7-12-8(2)10(9)5-6-11-3/h4-6,8,10H,7H2,1-3H3/b6-5+,9-4+/t8-,10-/m1/s1. The third-order valence-electron chi connectivity index (χ3n) is 2.24. The van der Waals surface area contributed by atoms with Crippen LogP contribution in [0, 0.1) is 5.92 Å². The second-order valence-electron chi connectivity index (χ2n) is 2.97. The molecule has 68 valence electrons. The maximum absolute atomic E-state index is 5.49. The van der Waals surface area contributed by atoms with Gasteiger partial charge in [0.25, 0.3) is 0 Å². The van der Waals surface area contributed by atoms with Gasteiger partial charge in [0, 0.05) is 5.92 Å². The number of hydrogen-bond donors (Lipinski definition) is 0. The summed E-state index contributed by atoms with van der Waals surface area (Å²) in [6.45, 7) is 4.89. The van der Waals surface area contributed by atoms with E-state index in [0.717, 1.165) is 6.61 Å². The highest BCUT2D eigenvalue weighted by Crippen LogP contribution is 2.27. The lowest BCUT2D eigenvalue weighted by Crippen LogP contribution is -2.09. The largest absolute Gasteiger partial charge is 0.505 e. The lowest BCUT2D eigenvalue weighted by atomic mass is 9.97. The Morgan fingerprint density at radius 3 is 2.92 bits per heavy atom. The predicted molar refractivity (Wildman–Crippen MR) is 48.8 cm³/mol. The summed E-state index contributed by atoms with van der Waals surface area (Å²) in [5.74, 6) is 0.398. The minimum atomic E-state index is 0.280. The van der Waals surface area contributed by atoms with Gasteiger partial charge in [-0.3, -0.25) is 0 Å². The third kappa shape index (κ3) is 1.89. The molecule has 0 saturated carbocycles. The van der Waals surface area contributed by atoms with Gasteiger partial charge in [-0.15, -0.1) is 0 Å². The molecule has 0 radical (unpaired) electrons. The van der Waals surface area contributed by atoms with Gasteiger partial charge in [0.05, 0.1) is 26.1 Å². The van der Waals surface area contributed by atoms with Crippen LogP contribution in [0.3, 0.4) is 0 Å². The minimum absolute atomic E-state index is 0.280. The molecule has 0 aliphatic carbocycles. The molecule has 0 aromatic carbocycles. The van der Waals surface area contributed by atoms with E-state index in [1.54, 1.807) is 13.4 Å². The van der Waals surface area contributed by atoms with Gasteiger partial charge < -0.3 is 9.47 Å². The van der Waals surface area contributed by atoms with E-state index < -0.39 is 0 Å². The first-order valence-electron chi connectivity index (χ1n) is 4.25. The molecule has 1 saturated heterocycles. The predicted octanol–water partition coefficient (Wildman–Crippen LogP) is 2.13. The summed E-state index contributed by atoms with van der Waals surface area (Å²) < 4.78 is 10.4. The van der Waals surface area contributed by atoms with Crippen LogP contribution in [0.5, 0.6) is 0 Å². The maximum atomic E-state index is 5.49. The molecule has 0 unspecified atom stereocenters. The van der Waals surface area contributed by atoms with Crippen molar-refractivity contribution in [3.63, 3.8) is 0 Å². The Bertz CT molecular complexity index is 194. The normalized spacial score (nSPS) is 33.4. The van der Waals surface area contributed by atoms with Crippen LogP contribution < -0.4 is 0 Å². The fourth-order valence-corrected chi connectivity index (χ4v) is 1.45. The fourth-order valence-electron chi connectivity index (χ4n) is 1.45. The van der Waals surface area contributed by atoms with E-state index in [0.29, 0.717) is 5.92 Å². The van der Waals surface area contributed by atoms with E-state index in [4.69, 9.17) is 9.47 Å². The Hall–Kier alpha value is -0.760. The van der Waals surface area contributed by atoms with Gasteiger partial charge in [-0.1, -0.05) is 6.08 Å². The van der Waals surface area contributed by atoms with Crippen LogP contribution in [0.4, 0.5) is 0 Å². The van der Waals surface area contributed by atoms with Crippen molar-refractivity contribution in [3.05, 3.63) is 24.0 Å². The molecule has 0 amide bonds. The summed E-state index contributed by atoms with van der Waals surface area (Å²) in [4.78, 5) is 0. The van der Waals surface area contributed by atoms with E-state index in [2.05, 4.69) is 13.0 Å². The Labute approximate surface area is 73.9 Å². The second-order valence-corrected chi connectivity index (χ2v) is 2.97. The van der Waals surface area contributed by atoms with E-state index >= 15 is 0 Å². The molecule has 0 aromatic rings. The van der Waals surface area contributed by atoms with Gasteiger partial charge in [-0.25, -0.2) is 0 Å². The van der Waals surface area contributed by atoms with Crippen molar-refractivity contribution in [3.8, 4) is 0 Å². The Balaban J connectivity index is 2.64. The van der Waals surface area contributed by atoms with E-state index in [1.165, 1.54) is 5.57 Å². The number of ether oxygens (including phenoxy) is 2. The number of allylic oxidation sites excluding steroid dienone is 1. The van der Waals surface area contributed by atoms with Crippen LogP contribution in [0.15, 0.2) is 24.0 Å². The molecule has 1 aliphatic heterocycles. The van der Waals surface area contributed by atoms with Crippen molar-refractivity contribution in [1.29, 1.82) is 0 Å². The van der Waals surface area contributed by atoms with Crippen LogP contribution in [-0.4, -0.2) is 19.8 Å². The molecule has 2 nitrogen and oxygen atoms in total. The molecule has 1 heterocycles. The Kier molecular flexibility index (Phi) is 3.35. The van der Waals surface area contributed by atoms with Crippen molar-refractivity contribution in [2.45, 2.75) is 20.0 Å². The van der Waals surface area contributed by atoms with E-state index in [1.807, 2.05) is 13.0 Å². The van der Waals surface area contributed by atoms with Crippen molar-refractivity contribution in [1.82, 2.24) is 0 Å². The molecule has 2 atom stereocenters. The zero-order valence-electron chi connectivity index (χ0n) is 7.91.